The summed E-state index contributed by atoms with van der Waals surface area (Å²) >= 11 is 5.41. The third-order valence-corrected chi connectivity index (χ3v) is 5.32. The van der Waals surface area contributed by atoms with E-state index in [1.165, 1.54) is 20.9 Å². The van der Waals surface area contributed by atoms with Crippen molar-refractivity contribution in [2.24, 2.45) is 0 Å². The fraction of sp³-hybridized carbons (Fsp3) is 0.412. The first-order chi connectivity index (χ1) is 9.92. The molecule has 1 heterocycles. The number of halogens is 1. The van der Waals surface area contributed by atoms with Gasteiger partial charge in [-0.25, -0.2) is 0 Å². The minimum absolute atomic E-state index is 0.279. The molecule has 0 spiro atoms. The fourth-order valence-electron chi connectivity index (χ4n) is 2.59. The van der Waals surface area contributed by atoms with Gasteiger partial charge in [0.05, 0.1) is 11.6 Å². The van der Waals surface area contributed by atoms with Crippen molar-refractivity contribution in [1.82, 2.24) is 5.32 Å². The summed E-state index contributed by atoms with van der Waals surface area (Å²) in [5.41, 5.74) is 2.65. The molecule has 21 heavy (non-hydrogen) atoms. The molecule has 0 fully saturated rings. The molecule has 1 aromatic carbocycles. The van der Waals surface area contributed by atoms with Gasteiger partial charge < -0.3 is 10.1 Å². The lowest BCUT2D eigenvalue weighted by Gasteiger charge is -2.21. The highest BCUT2D eigenvalue weighted by Gasteiger charge is 2.15. The molecule has 2 aromatic rings. The van der Waals surface area contributed by atoms with Crippen molar-refractivity contribution in [1.29, 1.82) is 0 Å². The zero-order valence-corrected chi connectivity index (χ0v) is 15.6. The van der Waals surface area contributed by atoms with Gasteiger partial charge in [0.15, 0.2) is 0 Å². The largest absolute Gasteiger partial charge is 0.496 e. The highest BCUT2D eigenvalue weighted by Crippen LogP contribution is 2.31. The summed E-state index contributed by atoms with van der Waals surface area (Å²) in [5, 5.41) is 3.68. The average Bonchev–Trinajstić information content (AvgIpc) is 2.77. The Balaban J connectivity index is 2.12. The topological polar surface area (TPSA) is 21.3 Å². The van der Waals surface area contributed by atoms with Gasteiger partial charge in [0.1, 0.15) is 5.75 Å². The number of methoxy groups -OCH3 is 1. The zero-order valence-electron chi connectivity index (χ0n) is 13.2. The number of aryl methyl sites for hydroxylation is 2. The normalized spacial score (nSPS) is 14.0. The smallest absolute Gasteiger partial charge is 0.133 e. The van der Waals surface area contributed by atoms with Crippen LogP contribution in [-0.2, 0) is 0 Å². The van der Waals surface area contributed by atoms with Gasteiger partial charge in [-0.3, -0.25) is 0 Å². The van der Waals surface area contributed by atoms with E-state index in [9.17, 15) is 0 Å². The van der Waals surface area contributed by atoms with Crippen molar-refractivity contribution in [2.75, 3.05) is 7.11 Å². The molecule has 0 amide bonds. The predicted octanol–water partition coefficient (Wildman–Crippen LogP) is 5.55. The Morgan fingerprint density at radius 2 is 1.86 bits per heavy atom. The minimum Gasteiger partial charge on any atom is -0.496 e. The number of hydrogen-bond donors (Lipinski definition) is 1. The third kappa shape index (κ3) is 3.87. The van der Waals surface area contributed by atoms with E-state index < -0.39 is 0 Å². The lowest BCUT2D eigenvalue weighted by molar-refractivity contribution is 0.411. The van der Waals surface area contributed by atoms with Crippen LogP contribution in [0.15, 0.2) is 28.7 Å². The molecule has 0 saturated carbocycles. The SMILES string of the molecule is COc1ccc(C(C)NC(C)c2cc(C)sc2C)cc1Br. The Labute approximate surface area is 139 Å². The van der Waals surface area contributed by atoms with Crippen molar-refractivity contribution in [3.05, 3.63) is 49.6 Å². The molecule has 0 radical (unpaired) electrons. The molecule has 0 saturated heterocycles. The van der Waals surface area contributed by atoms with Crippen molar-refractivity contribution in [3.63, 3.8) is 0 Å². The van der Waals surface area contributed by atoms with Crippen LogP contribution in [0.2, 0.25) is 0 Å². The Morgan fingerprint density at radius 1 is 1.14 bits per heavy atom. The molecule has 0 aliphatic carbocycles. The predicted molar refractivity (Wildman–Crippen MR) is 94.5 cm³/mol. The molecule has 2 rings (SSSR count). The summed E-state index contributed by atoms with van der Waals surface area (Å²) in [6.45, 7) is 8.78. The second-order valence-electron chi connectivity index (χ2n) is 5.37. The maximum atomic E-state index is 5.28. The van der Waals surface area contributed by atoms with Crippen LogP contribution in [-0.4, -0.2) is 7.11 Å². The van der Waals surface area contributed by atoms with Gasteiger partial charge in [-0.05, 0) is 73.0 Å². The first-order valence-corrected chi connectivity index (χ1v) is 8.69. The Kier molecular flexibility index (Phi) is 5.47. The summed E-state index contributed by atoms with van der Waals surface area (Å²) in [7, 11) is 1.69. The molecule has 0 aliphatic heterocycles. The second-order valence-corrected chi connectivity index (χ2v) is 7.69. The molecule has 0 bridgehead atoms. The van der Waals surface area contributed by atoms with E-state index in [1.807, 2.05) is 17.4 Å². The van der Waals surface area contributed by atoms with E-state index in [4.69, 9.17) is 4.74 Å². The van der Waals surface area contributed by atoms with E-state index in [0.717, 1.165) is 10.2 Å². The first kappa shape index (κ1) is 16.5. The number of nitrogens with one attached hydrogen (secondary N) is 1. The minimum atomic E-state index is 0.279. The zero-order chi connectivity index (χ0) is 15.6. The summed E-state index contributed by atoms with van der Waals surface area (Å²) in [4.78, 5) is 2.77. The number of benzene rings is 1. The number of thiophene rings is 1. The molecule has 2 atom stereocenters. The van der Waals surface area contributed by atoms with Crippen molar-refractivity contribution in [3.8, 4) is 5.75 Å². The molecule has 114 valence electrons. The highest BCUT2D eigenvalue weighted by molar-refractivity contribution is 9.10. The van der Waals surface area contributed by atoms with E-state index in [0.29, 0.717) is 6.04 Å². The summed E-state index contributed by atoms with van der Waals surface area (Å²) in [6.07, 6.45) is 0. The van der Waals surface area contributed by atoms with Crippen LogP contribution < -0.4 is 10.1 Å². The maximum Gasteiger partial charge on any atom is 0.133 e. The van der Waals surface area contributed by atoms with Gasteiger partial charge in [0, 0.05) is 21.8 Å². The van der Waals surface area contributed by atoms with Crippen LogP contribution in [0.25, 0.3) is 0 Å². The van der Waals surface area contributed by atoms with Gasteiger partial charge in [-0.1, -0.05) is 6.07 Å². The highest BCUT2D eigenvalue weighted by atomic mass is 79.9. The lowest BCUT2D eigenvalue weighted by atomic mass is 10.0. The van der Waals surface area contributed by atoms with Crippen LogP contribution in [0.4, 0.5) is 0 Å². The van der Waals surface area contributed by atoms with E-state index >= 15 is 0 Å². The Morgan fingerprint density at radius 3 is 2.38 bits per heavy atom. The summed E-state index contributed by atoms with van der Waals surface area (Å²) in [6, 6.07) is 9.14. The van der Waals surface area contributed by atoms with Crippen LogP contribution >= 0.6 is 27.3 Å². The van der Waals surface area contributed by atoms with E-state index in [1.54, 1.807) is 7.11 Å². The third-order valence-electron chi connectivity index (χ3n) is 3.72. The number of ether oxygens (including phenoxy) is 1. The molecular weight excluding hydrogens is 346 g/mol. The summed E-state index contributed by atoms with van der Waals surface area (Å²) < 4.78 is 6.27. The maximum absolute atomic E-state index is 5.28. The van der Waals surface area contributed by atoms with Crippen molar-refractivity contribution >= 4 is 27.3 Å². The lowest BCUT2D eigenvalue weighted by Crippen LogP contribution is -2.22. The molecule has 0 aliphatic rings. The molecule has 2 unspecified atom stereocenters. The van der Waals surface area contributed by atoms with Crippen LogP contribution in [0, 0.1) is 13.8 Å². The Hall–Kier alpha value is -0.840. The number of hydrogen-bond acceptors (Lipinski definition) is 3. The van der Waals surface area contributed by atoms with Gasteiger partial charge >= 0.3 is 0 Å². The molecule has 1 N–H and O–H groups in total. The molecule has 2 nitrogen and oxygen atoms in total. The summed E-state index contributed by atoms with van der Waals surface area (Å²) in [5.74, 6) is 0.864. The molecule has 4 heteroatoms. The van der Waals surface area contributed by atoms with E-state index in [-0.39, 0.29) is 6.04 Å². The van der Waals surface area contributed by atoms with Crippen LogP contribution in [0.5, 0.6) is 5.75 Å². The van der Waals surface area contributed by atoms with Crippen LogP contribution in [0.1, 0.15) is 46.8 Å². The number of rotatable bonds is 5. The van der Waals surface area contributed by atoms with Gasteiger partial charge in [-0.15, -0.1) is 11.3 Å². The monoisotopic (exact) mass is 367 g/mol. The van der Waals surface area contributed by atoms with Gasteiger partial charge in [0.25, 0.3) is 0 Å². The quantitative estimate of drug-likeness (QED) is 0.747. The van der Waals surface area contributed by atoms with Crippen molar-refractivity contribution < 1.29 is 4.74 Å². The fourth-order valence-corrected chi connectivity index (χ4v) is 4.17. The first-order valence-electron chi connectivity index (χ1n) is 7.08. The molecule has 1 aromatic heterocycles. The standard InChI is InChI=1S/C17H22BrNOS/c1-10-8-15(13(4)21-10)12(3)19-11(2)14-6-7-17(20-5)16(18)9-14/h6-9,11-12,19H,1-5H3. The average molecular weight is 368 g/mol. The van der Waals surface area contributed by atoms with Crippen LogP contribution in [0.3, 0.4) is 0 Å². The Bertz CT molecular complexity index is 623. The van der Waals surface area contributed by atoms with E-state index in [2.05, 4.69) is 67.1 Å². The van der Waals surface area contributed by atoms with Gasteiger partial charge in [-0.2, -0.15) is 0 Å². The van der Waals surface area contributed by atoms with Crippen molar-refractivity contribution in [2.45, 2.75) is 39.8 Å². The molecular formula is C17H22BrNOS. The second kappa shape index (κ2) is 6.95. The van der Waals surface area contributed by atoms with Gasteiger partial charge in [0.2, 0.25) is 0 Å².